The van der Waals surface area contributed by atoms with Crippen molar-refractivity contribution in [2.45, 2.75) is 70.4 Å². The number of hydrogen-bond acceptors (Lipinski definition) is 6. The Hall–Kier alpha value is -2.16. The summed E-state index contributed by atoms with van der Waals surface area (Å²) in [6, 6.07) is 0.179. The van der Waals surface area contributed by atoms with Gasteiger partial charge in [-0.3, -0.25) is 18.7 Å². The standard InChI is InChI=1S/C22H33N5O3S/c1-12-9-8-10-14(13(12)2)23-15(28)11-31-18-16-17(24-20(25-18)22(3,4)5)26(6)21(30)27(7)19(16)29/h12-14H,8-11H2,1-7H3,(H,23,28). The summed E-state index contributed by atoms with van der Waals surface area (Å²) in [5.41, 5.74) is -0.969. The van der Waals surface area contributed by atoms with Gasteiger partial charge in [0.15, 0.2) is 5.65 Å². The van der Waals surface area contributed by atoms with Crippen molar-refractivity contribution in [1.29, 1.82) is 0 Å². The van der Waals surface area contributed by atoms with Crippen LogP contribution in [0.2, 0.25) is 0 Å². The van der Waals surface area contributed by atoms with Crippen LogP contribution < -0.4 is 16.6 Å². The van der Waals surface area contributed by atoms with Crippen LogP contribution in [0.3, 0.4) is 0 Å². The van der Waals surface area contributed by atoms with E-state index in [1.165, 1.54) is 29.8 Å². The first-order valence-corrected chi connectivity index (χ1v) is 11.8. The van der Waals surface area contributed by atoms with Gasteiger partial charge in [0, 0.05) is 25.6 Å². The van der Waals surface area contributed by atoms with Crippen LogP contribution in [-0.2, 0) is 24.3 Å². The van der Waals surface area contributed by atoms with E-state index in [1.54, 1.807) is 7.05 Å². The highest BCUT2D eigenvalue weighted by Gasteiger charge is 2.28. The Bertz CT molecular complexity index is 1120. The van der Waals surface area contributed by atoms with Crippen molar-refractivity contribution >= 4 is 28.7 Å². The Balaban J connectivity index is 1.94. The van der Waals surface area contributed by atoms with Crippen molar-refractivity contribution in [3.05, 3.63) is 26.7 Å². The SMILES string of the molecule is CC1CCCC(NC(=O)CSc2nc(C(C)(C)C)nc3c2c(=O)n(C)c(=O)n3C)C1C. The summed E-state index contributed by atoms with van der Waals surface area (Å²) in [7, 11) is 3.03. The molecule has 0 spiro atoms. The van der Waals surface area contributed by atoms with Gasteiger partial charge in [-0.05, 0) is 18.3 Å². The van der Waals surface area contributed by atoms with E-state index in [1.807, 2.05) is 20.8 Å². The number of hydrogen-bond donors (Lipinski definition) is 1. The number of rotatable bonds is 4. The zero-order chi connectivity index (χ0) is 23.1. The fourth-order valence-electron chi connectivity index (χ4n) is 4.04. The maximum atomic E-state index is 12.9. The molecule has 8 nitrogen and oxygen atoms in total. The van der Waals surface area contributed by atoms with Crippen molar-refractivity contribution in [2.24, 2.45) is 25.9 Å². The fourth-order valence-corrected chi connectivity index (χ4v) is 4.86. The summed E-state index contributed by atoms with van der Waals surface area (Å²) in [6.07, 6.45) is 3.32. The number of carbonyl (C=O) groups is 1. The average Bonchev–Trinajstić information content (AvgIpc) is 2.71. The van der Waals surface area contributed by atoms with Crippen molar-refractivity contribution in [3.63, 3.8) is 0 Å². The van der Waals surface area contributed by atoms with Crippen molar-refractivity contribution in [3.8, 4) is 0 Å². The molecule has 0 bridgehead atoms. The highest BCUT2D eigenvalue weighted by atomic mass is 32.2. The van der Waals surface area contributed by atoms with Gasteiger partial charge in [0.25, 0.3) is 5.56 Å². The lowest BCUT2D eigenvalue weighted by molar-refractivity contribution is -0.120. The number of aryl methyl sites for hydroxylation is 1. The summed E-state index contributed by atoms with van der Waals surface area (Å²) in [4.78, 5) is 47.2. The van der Waals surface area contributed by atoms with E-state index in [2.05, 4.69) is 29.1 Å². The Morgan fingerprint density at radius 3 is 2.45 bits per heavy atom. The molecule has 2 aromatic rings. The normalized spacial score (nSPS) is 22.0. The zero-order valence-electron chi connectivity index (χ0n) is 19.5. The molecule has 9 heteroatoms. The number of fused-ring (bicyclic) bond motifs is 1. The van der Waals surface area contributed by atoms with E-state index in [9.17, 15) is 14.4 Å². The molecule has 3 unspecified atom stereocenters. The Morgan fingerprint density at radius 2 is 1.81 bits per heavy atom. The van der Waals surface area contributed by atoms with Crippen LogP contribution in [0.4, 0.5) is 0 Å². The number of amides is 1. The topological polar surface area (TPSA) is 98.9 Å². The Labute approximate surface area is 186 Å². The van der Waals surface area contributed by atoms with Gasteiger partial charge in [-0.1, -0.05) is 59.2 Å². The zero-order valence-corrected chi connectivity index (χ0v) is 20.3. The van der Waals surface area contributed by atoms with E-state index >= 15 is 0 Å². The van der Waals surface area contributed by atoms with Crippen LogP contribution in [0.5, 0.6) is 0 Å². The lowest BCUT2D eigenvalue weighted by atomic mass is 9.78. The largest absolute Gasteiger partial charge is 0.352 e. The highest BCUT2D eigenvalue weighted by molar-refractivity contribution is 8.00. The van der Waals surface area contributed by atoms with Gasteiger partial charge in [0.2, 0.25) is 5.91 Å². The van der Waals surface area contributed by atoms with E-state index < -0.39 is 11.2 Å². The third-order valence-corrected chi connectivity index (χ3v) is 7.31. The van der Waals surface area contributed by atoms with E-state index in [0.717, 1.165) is 17.4 Å². The minimum Gasteiger partial charge on any atom is -0.352 e. The Kier molecular flexibility index (Phi) is 6.64. The average molecular weight is 448 g/mol. The second-order valence-electron chi connectivity index (χ2n) is 9.74. The third kappa shape index (κ3) is 4.71. The molecule has 1 aliphatic carbocycles. The van der Waals surface area contributed by atoms with Gasteiger partial charge in [0.1, 0.15) is 16.2 Å². The predicted octanol–water partition coefficient (Wildman–Crippen LogP) is 2.36. The first kappa shape index (κ1) is 23.5. The van der Waals surface area contributed by atoms with Crippen LogP contribution in [-0.4, -0.2) is 36.8 Å². The van der Waals surface area contributed by atoms with Crippen LogP contribution >= 0.6 is 11.8 Å². The lowest BCUT2D eigenvalue weighted by Crippen LogP contribution is -2.44. The molecule has 1 saturated carbocycles. The number of carbonyl (C=O) groups excluding carboxylic acids is 1. The first-order chi connectivity index (χ1) is 14.4. The molecule has 0 aliphatic heterocycles. The van der Waals surface area contributed by atoms with Crippen molar-refractivity contribution < 1.29 is 4.79 Å². The molecule has 3 atom stereocenters. The molecule has 0 radical (unpaired) electrons. The smallest absolute Gasteiger partial charge is 0.332 e. The van der Waals surface area contributed by atoms with Gasteiger partial charge >= 0.3 is 5.69 Å². The van der Waals surface area contributed by atoms with Crippen molar-refractivity contribution in [1.82, 2.24) is 24.4 Å². The van der Waals surface area contributed by atoms with E-state index in [4.69, 9.17) is 0 Å². The quantitative estimate of drug-likeness (QED) is 0.571. The number of nitrogens with one attached hydrogen (secondary N) is 1. The maximum absolute atomic E-state index is 12.9. The molecule has 0 saturated heterocycles. The monoisotopic (exact) mass is 447 g/mol. The summed E-state index contributed by atoms with van der Waals surface area (Å²) < 4.78 is 2.42. The summed E-state index contributed by atoms with van der Waals surface area (Å²) >= 11 is 1.22. The van der Waals surface area contributed by atoms with E-state index in [0.29, 0.717) is 28.3 Å². The van der Waals surface area contributed by atoms with Gasteiger partial charge in [-0.2, -0.15) is 0 Å². The number of aromatic nitrogens is 4. The molecule has 3 rings (SSSR count). The molecule has 0 aromatic carbocycles. The lowest BCUT2D eigenvalue weighted by Gasteiger charge is -2.34. The molecular weight excluding hydrogens is 414 g/mol. The summed E-state index contributed by atoms with van der Waals surface area (Å²) in [5, 5.41) is 3.88. The minimum absolute atomic E-state index is 0.0679. The second-order valence-corrected chi connectivity index (χ2v) is 10.7. The molecule has 2 aromatic heterocycles. The Morgan fingerprint density at radius 1 is 1.13 bits per heavy atom. The van der Waals surface area contributed by atoms with E-state index in [-0.39, 0.29) is 28.5 Å². The first-order valence-electron chi connectivity index (χ1n) is 10.8. The number of thioether (sulfide) groups is 1. The molecule has 170 valence electrons. The predicted molar refractivity (Wildman–Crippen MR) is 124 cm³/mol. The molecular formula is C22H33N5O3S. The fraction of sp³-hybridized carbons (Fsp3) is 0.682. The van der Waals surface area contributed by atoms with Crippen molar-refractivity contribution in [2.75, 3.05) is 5.75 Å². The van der Waals surface area contributed by atoms with Crippen LogP contribution in [0.1, 0.15) is 59.7 Å². The highest BCUT2D eigenvalue weighted by Crippen LogP contribution is 2.30. The molecule has 1 amide bonds. The van der Waals surface area contributed by atoms with Crippen LogP contribution in [0.25, 0.3) is 11.0 Å². The summed E-state index contributed by atoms with van der Waals surface area (Å²) in [5.74, 6) is 1.65. The number of nitrogens with zero attached hydrogens (tertiary/aromatic N) is 4. The molecule has 1 N–H and O–H groups in total. The van der Waals surface area contributed by atoms with Gasteiger partial charge in [0.05, 0.1) is 5.75 Å². The summed E-state index contributed by atoms with van der Waals surface area (Å²) in [6.45, 7) is 10.3. The van der Waals surface area contributed by atoms with Gasteiger partial charge in [-0.15, -0.1) is 0 Å². The minimum atomic E-state index is -0.448. The second kappa shape index (κ2) is 8.76. The van der Waals surface area contributed by atoms with Gasteiger partial charge in [-0.25, -0.2) is 14.8 Å². The third-order valence-electron chi connectivity index (χ3n) is 6.33. The maximum Gasteiger partial charge on any atom is 0.332 e. The molecule has 1 aliphatic rings. The molecule has 31 heavy (non-hydrogen) atoms. The van der Waals surface area contributed by atoms with Crippen LogP contribution in [0.15, 0.2) is 14.6 Å². The van der Waals surface area contributed by atoms with Gasteiger partial charge < -0.3 is 5.32 Å². The molecule has 1 fully saturated rings. The molecule has 2 heterocycles. The van der Waals surface area contributed by atoms with Crippen LogP contribution in [0, 0.1) is 11.8 Å².